The Morgan fingerprint density at radius 3 is 2.75 bits per heavy atom. The van der Waals surface area contributed by atoms with Crippen LogP contribution in [0.15, 0.2) is 36.5 Å². The first-order valence-corrected chi connectivity index (χ1v) is 11.0. The number of piperazine rings is 1. The lowest BCUT2D eigenvalue weighted by Crippen LogP contribution is -2.52. The lowest BCUT2D eigenvalue weighted by molar-refractivity contribution is -0.136. The minimum absolute atomic E-state index is 0.157. The molecule has 3 aliphatic rings. The standard InChI is InChI=1S/C23H26N6O3/c30-20-7-6-19(22(31)27-20)29-14-17-15(3-1-4-16(17)23(29)32)13-26-21-18(5-2-8-25-21)28-11-9-24-10-12-28/h1-5,8,19,24H,6-7,9-14H2,(H,25,26)(H,27,30,31). The zero-order valence-corrected chi connectivity index (χ0v) is 17.8. The van der Waals surface area contributed by atoms with Crippen molar-refractivity contribution in [3.63, 3.8) is 0 Å². The fraction of sp³-hybridized carbons (Fsp3) is 0.391. The van der Waals surface area contributed by atoms with Crippen LogP contribution in [0.5, 0.6) is 0 Å². The number of fused-ring (bicyclic) bond motifs is 1. The van der Waals surface area contributed by atoms with Gasteiger partial charge in [-0.25, -0.2) is 4.98 Å². The van der Waals surface area contributed by atoms with Crippen LogP contribution in [0.2, 0.25) is 0 Å². The highest BCUT2D eigenvalue weighted by molar-refractivity contribution is 6.05. The Balaban J connectivity index is 1.34. The van der Waals surface area contributed by atoms with Gasteiger partial charge >= 0.3 is 0 Å². The SMILES string of the molecule is O=C1CCC(N2Cc3c(CNc4ncccc4N4CCNCC4)cccc3C2=O)C(=O)N1. The maximum absolute atomic E-state index is 13.0. The summed E-state index contributed by atoms with van der Waals surface area (Å²) < 4.78 is 0. The van der Waals surface area contributed by atoms with Gasteiger partial charge in [-0.05, 0) is 35.7 Å². The van der Waals surface area contributed by atoms with Crippen molar-refractivity contribution in [2.75, 3.05) is 36.4 Å². The number of pyridine rings is 1. The highest BCUT2D eigenvalue weighted by Gasteiger charge is 2.39. The zero-order chi connectivity index (χ0) is 22.1. The fourth-order valence-corrected chi connectivity index (χ4v) is 4.69. The maximum atomic E-state index is 13.0. The van der Waals surface area contributed by atoms with Crippen LogP contribution < -0.4 is 20.9 Å². The quantitative estimate of drug-likeness (QED) is 0.600. The first-order chi connectivity index (χ1) is 15.6. The number of anilines is 2. The van der Waals surface area contributed by atoms with Gasteiger partial charge in [-0.1, -0.05) is 12.1 Å². The molecular formula is C23H26N6O3. The fourth-order valence-electron chi connectivity index (χ4n) is 4.69. The molecule has 166 valence electrons. The summed E-state index contributed by atoms with van der Waals surface area (Å²) in [5.74, 6) is -0.0128. The highest BCUT2D eigenvalue weighted by atomic mass is 16.2. The molecular weight excluding hydrogens is 408 g/mol. The van der Waals surface area contributed by atoms with Gasteiger partial charge in [0.1, 0.15) is 11.9 Å². The Morgan fingerprint density at radius 2 is 1.94 bits per heavy atom. The molecule has 4 heterocycles. The van der Waals surface area contributed by atoms with Crippen LogP contribution in [0.4, 0.5) is 11.5 Å². The third-order valence-corrected chi connectivity index (χ3v) is 6.37. The summed E-state index contributed by atoms with van der Waals surface area (Å²) in [6, 6.07) is 9.09. The van der Waals surface area contributed by atoms with Gasteiger partial charge in [0.2, 0.25) is 11.8 Å². The molecule has 5 rings (SSSR count). The summed E-state index contributed by atoms with van der Waals surface area (Å²) in [6.45, 7) is 4.63. The summed E-state index contributed by atoms with van der Waals surface area (Å²) in [7, 11) is 0. The average molecular weight is 435 g/mol. The predicted molar refractivity (Wildman–Crippen MR) is 119 cm³/mol. The second kappa shape index (κ2) is 8.58. The molecule has 1 aromatic carbocycles. The van der Waals surface area contributed by atoms with Crippen molar-refractivity contribution < 1.29 is 14.4 Å². The summed E-state index contributed by atoms with van der Waals surface area (Å²) in [6.07, 6.45) is 2.39. The second-order valence-corrected chi connectivity index (χ2v) is 8.30. The normalized spacial score (nSPS) is 20.9. The number of hydrogen-bond donors (Lipinski definition) is 3. The number of nitrogens with one attached hydrogen (secondary N) is 3. The van der Waals surface area contributed by atoms with E-state index < -0.39 is 11.9 Å². The zero-order valence-electron chi connectivity index (χ0n) is 17.8. The van der Waals surface area contributed by atoms with Gasteiger partial charge in [-0.2, -0.15) is 0 Å². The van der Waals surface area contributed by atoms with Crippen molar-refractivity contribution in [3.8, 4) is 0 Å². The Morgan fingerprint density at radius 1 is 1.09 bits per heavy atom. The minimum atomic E-state index is -0.608. The third-order valence-electron chi connectivity index (χ3n) is 6.37. The Labute approximate surface area is 186 Å². The predicted octanol–water partition coefficient (Wildman–Crippen LogP) is 0.864. The molecule has 0 radical (unpaired) electrons. The number of aromatic nitrogens is 1. The molecule has 2 saturated heterocycles. The Hall–Kier alpha value is -3.46. The molecule has 1 aromatic heterocycles. The molecule has 2 aromatic rings. The van der Waals surface area contributed by atoms with Gasteiger partial charge in [-0.3, -0.25) is 19.7 Å². The Bertz CT molecular complexity index is 1070. The molecule has 1 atom stereocenters. The van der Waals surface area contributed by atoms with Crippen LogP contribution >= 0.6 is 0 Å². The van der Waals surface area contributed by atoms with Gasteiger partial charge in [-0.15, -0.1) is 0 Å². The van der Waals surface area contributed by atoms with Gasteiger partial charge in [0, 0.05) is 57.4 Å². The van der Waals surface area contributed by atoms with E-state index in [-0.39, 0.29) is 18.2 Å². The third kappa shape index (κ3) is 3.80. The van der Waals surface area contributed by atoms with Crippen molar-refractivity contribution in [1.82, 2.24) is 20.5 Å². The van der Waals surface area contributed by atoms with Crippen molar-refractivity contribution in [2.45, 2.75) is 32.0 Å². The van der Waals surface area contributed by atoms with E-state index in [4.69, 9.17) is 0 Å². The Kier molecular flexibility index (Phi) is 5.48. The van der Waals surface area contributed by atoms with E-state index in [2.05, 4.69) is 31.9 Å². The first kappa shape index (κ1) is 20.4. The lowest BCUT2D eigenvalue weighted by atomic mass is 10.0. The molecule has 3 amide bonds. The number of rotatable bonds is 5. The van der Waals surface area contributed by atoms with Crippen molar-refractivity contribution >= 4 is 29.2 Å². The molecule has 9 nitrogen and oxygen atoms in total. The summed E-state index contributed by atoms with van der Waals surface area (Å²) in [5.41, 5.74) is 3.62. The maximum Gasteiger partial charge on any atom is 0.255 e. The summed E-state index contributed by atoms with van der Waals surface area (Å²) in [5, 5.41) is 9.17. The van der Waals surface area contributed by atoms with Crippen LogP contribution in [0.1, 0.15) is 34.3 Å². The molecule has 0 bridgehead atoms. The van der Waals surface area contributed by atoms with Crippen molar-refractivity contribution in [1.29, 1.82) is 0 Å². The van der Waals surface area contributed by atoms with Crippen LogP contribution in [-0.2, 0) is 22.7 Å². The molecule has 0 saturated carbocycles. The lowest BCUT2D eigenvalue weighted by Gasteiger charge is -2.30. The van der Waals surface area contributed by atoms with Crippen LogP contribution in [-0.4, -0.2) is 59.8 Å². The van der Waals surface area contributed by atoms with E-state index in [0.29, 0.717) is 25.1 Å². The molecule has 3 N–H and O–H groups in total. The average Bonchev–Trinajstić information content (AvgIpc) is 3.15. The van der Waals surface area contributed by atoms with Gasteiger partial charge in [0.15, 0.2) is 0 Å². The molecule has 3 aliphatic heterocycles. The van der Waals surface area contributed by atoms with E-state index in [1.165, 1.54) is 0 Å². The number of amides is 3. The van der Waals surface area contributed by atoms with E-state index in [1.807, 2.05) is 18.2 Å². The topological polar surface area (TPSA) is 107 Å². The summed E-state index contributed by atoms with van der Waals surface area (Å²) >= 11 is 0. The number of benzene rings is 1. The molecule has 1 unspecified atom stereocenters. The van der Waals surface area contributed by atoms with E-state index in [9.17, 15) is 14.4 Å². The van der Waals surface area contributed by atoms with E-state index in [0.717, 1.165) is 48.8 Å². The number of carbonyl (C=O) groups excluding carboxylic acids is 3. The summed E-state index contributed by atoms with van der Waals surface area (Å²) in [4.78, 5) is 45.3. The number of imide groups is 1. The van der Waals surface area contributed by atoms with Gasteiger partial charge in [0.25, 0.3) is 5.91 Å². The molecule has 0 aliphatic carbocycles. The smallest absolute Gasteiger partial charge is 0.255 e. The number of piperidine rings is 1. The van der Waals surface area contributed by atoms with Gasteiger partial charge < -0.3 is 20.4 Å². The molecule has 2 fully saturated rings. The first-order valence-electron chi connectivity index (χ1n) is 11.0. The molecule has 0 spiro atoms. The number of carbonyl (C=O) groups is 3. The van der Waals surface area contributed by atoms with Crippen molar-refractivity contribution in [3.05, 3.63) is 53.2 Å². The number of hydrogen-bond acceptors (Lipinski definition) is 7. The van der Waals surface area contributed by atoms with Crippen LogP contribution in [0.3, 0.4) is 0 Å². The molecule has 9 heteroatoms. The second-order valence-electron chi connectivity index (χ2n) is 8.30. The largest absolute Gasteiger partial charge is 0.366 e. The monoisotopic (exact) mass is 434 g/mol. The number of nitrogens with zero attached hydrogens (tertiary/aromatic N) is 3. The minimum Gasteiger partial charge on any atom is -0.366 e. The van der Waals surface area contributed by atoms with E-state index >= 15 is 0 Å². The van der Waals surface area contributed by atoms with Crippen molar-refractivity contribution in [2.24, 2.45) is 0 Å². The van der Waals surface area contributed by atoms with E-state index in [1.54, 1.807) is 17.2 Å². The van der Waals surface area contributed by atoms with Crippen LogP contribution in [0, 0.1) is 0 Å². The highest BCUT2D eigenvalue weighted by Crippen LogP contribution is 2.31. The molecule has 32 heavy (non-hydrogen) atoms. The van der Waals surface area contributed by atoms with Crippen LogP contribution in [0.25, 0.3) is 0 Å². The van der Waals surface area contributed by atoms with Gasteiger partial charge in [0.05, 0.1) is 5.69 Å².